The Morgan fingerprint density at radius 2 is 1.69 bits per heavy atom. The van der Waals surface area contributed by atoms with Gasteiger partial charge >= 0.3 is 0 Å². The van der Waals surface area contributed by atoms with Crippen LogP contribution in [0.1, 0.15) is 43.7 Å². The minimum Gasteiger partial charge on any atom is -0.352 e. The summed E-state index contributed by atoms with van der Waals surface area (Å²) in [5.74, 6) is -2.01. The molecule has 2 aromatic rings. The molecular formula is C24H27FN2O4S. The first kappa shape index (κ1) is 25.3. The molecule has 0 aliphatic carbocycles. The normalized spacial score (nSPS) is 11.2. The van der Waals surface area contributed by atoms with Crippen LogP contribution in [0.5, 0.6) is 0 Å². The highest BCUT2D eigenvalue weighted by molar-refractivity contribution is 7.98. The maximum atomic E-state index is 13.3. The van der Waals surface area contributed by atoms with Crippen molar-refractivity contribution < 1.29 is 24.0 Å². The number of carbonyl (C=O) groups is 3. The number of carbonyl (C=O) groups excluding carboxylic acids is 3. The Balaban J connectivity index is 1.96. The summed E-state index contributed by atoms with van der Waals surface area (Å²) in [5.41, 5.74) is 1.89. The van der Waals surface area contributed by atoms with Gasteiger partial charge in [0, 0.05) is 30.4 Å². The molecule has 0 aliphatic heterocycles. The number of hydrogen-bond donors (Lipinski definition) is 2. The van der Waals surface area contributed by atoms with E-state index in [1.54, 1.807) is 30.0 Å². The Morgan fingerprint density at radius 3 is 2.28 bits per heavy atom. The summed E-state index contributed by atoms with van der Waals surface area (Å²) < 4.78 is 13.3. The highest BCUT2D eigenvalue weighted by atomic mass is 32.2. The van der Waals surface area contributed by atoms with Crippen LogP contribution in [0, 0.1) is 5.82 Å². The van der Waals surface area contributed by atoms with E-state index in [4.69, 9.17) is 0 Å². The Morgan fingerprint density at radius 1 is 1.03 bits per heavy atom. The molecule has 32 heavy (non-hydrogen) atoms. The van der Waals surface area contributed by atoms with Crippen LogP contribution in [0.2, 0.25) is 0 Å². The Kier molecular flexibility index (Phi) is 10.1. The van der Waals surface area contributed by atoms with Crippen molar-refractivity contribution in [1.29, 1.82) is 0 Å². The van der Waals surface area contributed by atoms with Gasteiger partial charge < -0.3 is 5.32 Å². The van der Waals surface area contributed by atoms with E-state index < -0.39 is 11.8 Å². The Bertz CT molecular complexity index is 959. The van der Waals surface area contributed by atoms with E-state index in [-0.39, 0.29) is 23.2 Å². The molecule has 0 aromatic heterocycles. The highest BCUT2D eigenvalue weighted by Gasteiger charge is 2.15. The molecule has 0 bridgehead atoms. The summed E-state index contributed by atoms with van der Waals surface area (Å²) in [6.07, 6.45) is 5.57. The highest BCUT2D eigenvalue weighted by Crippen LogP contribution is 2.21. The number of unbranched alkanes of at least 4 members (excludes halogenated alkanes) is 2. The summed E-state index contributed by atoms with van der Waals surface area (Å²) >= 11 is 1.63. The van der Waals surface area contributed by atoms with Crippen molar-refractivity contribution in [3.05, 3.63) is 65.5 Å². The molecule has 0 radical (unpaired) electrons. The monoisotopic (exact) mass is 458 g/mol. The van der Waals surface area contributed by atoms with Gasteiger partial charge in [0.25, 0.3) is 11.8 Å². The average molecular weight is 459 g/mol. The van der Waals surface area contributed by atoms with E-state index in [1.165, 1.54) is 12.1 Å². The van der Waals surface area contributed by atoms with E-state index in [9.17, 15) is 24.0 Å². The number of benzene rings is 2. The second-order valence-corrected chi connectivity index (χ2v) is 8.01. The molecule has 0 saturated heterocycles. The summed E-state index contributed by atoms with van der Waals surface area (Å²) in [4.78, 5) is 36.5. The number of amides is 3. The molecule has 170 valence electrons. The lowest BCUT2D eigenvalue weighted by Gasteiger charge is -2.11. The van der Waals surface area contributed by atoms with Crippen LogP contribution in [0.15, 0.2) is 53.4 Å². The topological polar surface area (TPSA) is 86.7 Å². The molecule has 0 saturated carbocycles. The van der Waals surface area contributed by atoms with Crippen molar-refractivity contribution in [1.82, 2.24) is 10.4 Å². The summed E-state index contributed by atoms with van der Waals surface area (Å²) in [7, 11) is 0. The Hall–Kier alpha value is -2.97. The number of rotatable bonds is 10. The maximum Gasteiger partial charge on any atom is 0.253 e. The standard InChI is InChI=1S/C24H27FN2O4S/c1-17(28)27(31)23(29)6-4-3-5-15-26-24(30)22(19-9-11-20(25)12-10-19)16-18-7-13-21(32-2)14-8-18/h7-14,16,31H,3-6,15H2,1-2H3,(H,26,30)/b22-16-. The largest absolute Gasteiger partial charge is 0.352 e. The van der Waals surface area contributed by atoms with E-state index in [0.717, 1.165) is 17.4 Å². The minimum atomic E-state index is -0.717. The number of imide groups is 1. The first-order valence-electron chi connectivity index (χ1n) is 10.2. The Labute approximate surface area is 191 Å². The van der Waals surface area contributed by atoms with Gasteiger partial charge in [-0.2, -0.15) is 5.06 Å². The lowest BCUT2D eigenvalue weighted by atomic mass is 10.0. The molecular weight excluding hydrogens is 431 g/mol. The zero-order valence-electron chi connectivity index (χ0n) is 18.1. The van der Waals surface area contributed by atoms with Crippen molar-refractivity contribution in [3.8, 4) is 0 Å². The van der Waals surface area contributed by atoms with Gasteiger partial charge in [-0.15, -0.1) is 11.8 Å². The van der Waals surface area contributed by atoms with Crippen LogP contribution < -0.4 is 5.32 Å². The van der Waals surface area contributed by atoms with Crippen LogP contribution in [0.25, 0.3) is 11.6 Å². The predicted octanol–water partition coefficient (Wildman–Crippen LogP) is 4.53. The van der Waals surface area contributed by atoms with Crippen molar-refractivity contribution in [2.24, 2.45) is 0 Å². The SMILES string of the molecule is CSc1ccc(/C=C(\C(=O)NCCCCCC(=O)N(O)C(C)=O)c2ccc(F)cc2)cc1. The van der Waals surface area contributed by atoms with E-state index in [2.05, 4.69) is 5.32 Å². The quantitative estimate of drug-likeness (QED) is 0.136. The number of nitrogens with one attached hydrogen (secondary N) is 1. The molecule has 6 nitrogen and oxygen atoms in total. The summed E-state index contributed by atoms with van der Waals surface area (Å²) in [6.45, 7) is 1.50. The van der Waals surface area contributed by atoms with E-state index >= 15 is 0 Å². The van der Waals surface area contributed by atoms with Crippen molar-refractivity contribution in [2.45, 2.75) is 37.5 Å². The fourth-order valence-electron chi connectivity index (χ4n) is 2.93. The lowest BCUT2D eigenvalue weighted by molar-refractivity contribution is -0.177. The fraction of sp³-hybridized carbons (Fsp3) is 0.292. The molecule has 0 unspecified atom stereocenters. The summed E-state index contributed by atoms with van der Waals surface area (Å²) in [5, 5.41) is 12.2. The molecule has 0 aliphatic rings. The summed E-state index contributed by atoms with van der Waals surface area (Å²) in [6, 6.07) is 13.5. The van der Waals surface area contributed by atoms with Gasteiger partial charge in [0.05, 0.1) is 0 Å². The van der Waals surface area contributed by atoms with Crippen LogP contribution in [0.4, 0.5) is 4.39 Å². The molecule has 2 N–H and O–H groups in total. The third kappa shape index (κ3) is 7.94. The predicted molar refractivity (Wildman–Crippen MR) is 123 cm³/mol. The van der Waals surface area contributed by atoms with Gasteiger partial charge in [-0.25, -0.2) is 4.39 Å². The van der Waals surface area contributed by atoms with Gasteiger partial charge in [0.1, 0.15) is 5.82 Å². The number of halogens is 1. The van der Waals surface area contributed by atoms with Crippen molar-refractivity contribution >= 4 is 41.1 Å². The molecule has 0 heterocycles. The fourth-order valence-corrected chi connectivity index (χ4v) is 3.34. The molecule has 2 aromatic carbocycles. The zero-order valence-corrected chi connectivity index (χ0v) is 19.0. The van der Waals surface area contributed by atoms with Gasteiger partial charge in [0.2, 0.25) is 5.91 Å². The van der Waals surface area contributed by atoms with Crippen LogP contribution in [-0.2, 0) is 14.4 Å². The van der Waals surface area contributed by atoms with Crippen LogP contribution in [-0.4, -0.2) is 40.8 Å². The molecule has 0 fully saturated rings. The number of nitrogens with zero attached hydrogens (tertiary/aromatic N) is 1. The molecule has 8 heteroatoms. The average Bonchev–Trinajstić information content (AvgIpc) is 2.79. The van der Waals surface area contributed by atoms with E-state index in [0.29, 0.717) is 36.9 Å². The second kappa shape index (κ2) is 12.8. The van der Waals surface area contributed by atoms with Gasteiger partial charge in [-0.05, 0) is 60.6 Å². The molecule has 3 amide bonds. The second-order valence-electron chi connectivity index (χ2n) is 7.13. The first-order chi connectivity index (χ1) is 15.3. The third-order valence-electron chi connectivity index (χ3n) is 4.71. The molecule has 0 spiro atoms. The van der Waals surface area contributed by atoms with Gasteiger partial charge in [-0.3, -0.25) is 19.6 Å². The number of hydrogen-bond acceptors (Lipinski definition) is 5. The van der Waals surface area contributed by atoms with Gasteiger partial charge in [0.15, 0.2) is 0 Å². The van der Waals surface area contributed by atoms with Crippen molar-refractivity contribution in [2.75, 3.05) is 12.8 Å². The minimum absolute atomic E-state index is 0.0524. The van der Waals surface area contributed by atoms with Crippen LogP contribution in [0.3, 0.4) is 0 Å². The maximum absolute atomic E-state index is 13.3. The van der Waals surface area contributed by atoms with E-state index in [1.807, 2.05) is 30.5 Å². The molecule has 2 rings (SSSR count). The number of hydroxylamine groups is 2. The number of thioether (sulfide) groups is 1. The molecule has 0 atom stereocenters. The zero-order chi connectivity index (χ0) is 23.5. The third-order valence-corrected chi connectivity index (χ3v) is 5.46. The smallest absolute Gasteiger partial charge is 0.253 e. The first-order valence-corrected chi connectivity index (χ1v) is 11.5. The van der Waals surface area contributed by atoms with Crippen molar-refractivity contribution in [3.63, 3.8) is 0 Å². The van der Waals surface area contributed by atoms with Gasteiger partial charge in [-0.1, -0.05) is 30.7 Å². The lowest BCUT2D eigenvalue weighted by Crippen LogP contribution is -2.31. The van der Waals surface area contributed by atoms with Crippen LogP contribution >= 0.6 is 11.8 Å².